The van der Waals surface area contributed by atoms with Gasteiger partial charge in [0.1, 0.15) is 5.65 Å². The third-order valence-electron chi connectivity index (χ3n) is 2.43. The van der Waals surface area contributed by atoms with E-state index in [4.69, 9.17) is 0 Å². The maximum atomic E-state index is 4.54. The maximum absolute atomic E-state index is 4.54. The zero-order valence-corrected chi connectivity index (χ0v) is 7.72. The van der Waals surface area contributed by atoms with Gasteiger partial charge in [-0.15, -0.1) is 0 Å². The summed E-state index contributed by atoms with van der Waals surface area (Å²) in [6, 6.07) is 6.03. The molecule has 3 rings (SSSR count). The summed E-state index contributed by atoms with van der Waals surface area (Å²) in [5.74, 6) is 0. The Morgan fingerprint density at radius 3 is 3.07 bits per heavy atom. The van der Waals surface area contributed by atoms with Crippen LogP contribution in [0.1, 0.15) is 12.1 Å². The van der Waals surface area contributed by atoms with Crippen molar-refractivity contribution in [1.29, 1.82) is 0 Å². The van der Waals surface area contributed by atoms with E-state index in [-0.39, 0.29) is 0 Å². The van der Waals surface area contributed by atoms with Crippen molar-refractivity contribution in [3.05, 3.63) is 54.5 Å². The third kappa shape index (κ3) is 1.08. The van der Waals surface area contributed by atoms with Gasteiger partial charge in [-0.3, -0.25) is 0 Å². The Balaban J connectivity index is 2.19. The van der Waals surface area contributed by atoms with Gasteiger partial charge in [-0.2, -0.15) is 0 Å². The Bertz CT molecular complexity index is 499. The number of pyridine rings is 1. The number of hydrogen-bond acceptors (Lipinski definition) is 1. The van der Waals surface area contributed by atoms with Gasteiger partial charge in [0, 0.05) is 12.4 Å². The van der Waals surface area contributed by atoms with E-state index in [0.29, 0.717) is 0 Å². The molecule has 0 radical (unpaired) electrons. The molecule has 0 saturated carbocycles. The minimum atomic E-state index is 1.00. The van der Waals surface area contributed by atoms with Crippen LogP contribution in [0.5, 0.6) is 0 Å². The number of fused-ring (bicyclic) bond motifs is 1. The molecular weight excluding hydrogens is 172 g/mol. The Labute approximate surface area is 82.2 Å². The van der Waals surface area contributed by atoms with Gasteiger partial charge in [0.15, 0.2) is 0 Å². The molecule has 0 fully saturated rings. The van der Waals surface area contributed by atoms with Crippen molar-refractivity contribution in [3.8, 4) is 0 Å². The largest absolute Gasteiger partial charge is 0.306 e. The molecule has 0 saturated heterocycles. The fraction of sp³-hybridized carbons (Fsp3) is 0.0833. The van der Waals surface area contributed by atoms with Crippen molar-refractivity contribution in [2.75, 3.05) is 0 Å². The second-order valence-electron chi connectivity index (χ2n) is 3.39. The summed E-state index contributed by atoms with van der Waals surface area (Å²) in [5.41, 5.74) is 3.29. The molecule has 2 heterocycles. The molecule has 2 aromatic heterocycles. The first-order chi connectivity index (χ1) is 6.93. The number of allylic oxidation sites excluding steroid dienone is 4. The predicted octanol–water partition coefficient (Wildman–Crippen LogP) is 2.68. The second-order valence-corrected chi connectivity index (χ2v) is 3.39. The summed E-state index contributed by atoms with van der Waals surface area (Å²) in [7, 11) is 0. The lowest BCUT2D eigenvalue weighted by Gasteiger charge is -1.89. The van der Waals surface area contributed by atoms with Crippen molar-refractivity contribution in [3.63, 3.8) is 0 Å². The fourth-order valence-electron chi connectivity index (χ4n) is 1.72. The average Bonchev–Trinajstić information content (AvgIpc) is 2.86. The minimum absolute atomic E-state index is 1.00. The Morgan fingerprint density at radius 2 is 2.29 bits per heavy atom. The van der Waals surface area contributed by atoms with Crippen LogP contribution >= 0.6 is 0 Å². The molecule has 0 aromatic carbocycles. The zero-order chi connectivity index (χ0) is 9.38. The SMILES string of the molecule is C1=CC(c2cn3ccccc3n2)=CC1. The highest BCUT2D eigenvalue weighted by Gasteiger charge is 2.05. The van der Waals surface area contributed by atoms with Gasteiger partial charge in [-0.1, -0.05) is 24.3 Å². The number of hydrogen-bond donors (Lipinski definition) is 0. The van der Waals surface area contributed by atoms with E-state index >= 15 is 0 Å². The van der Waals surface area contributed by atoms with Crippen LogP contribution in [0.15, 0.2) is 48.8 Å². The molecule has 0 atom stereocenters. The van der Waals surface area contributed by atoms with Gasteiger partial charge in [0.2, 0.25) is 0 Å². The van der Waals surface area contributed by atoms with E-state index in [0.717, 1.165) is 17.8 Å². The molecule has 1 aliphatic carbocycles. The first kappa shape index (κ1) is 7.56. The first-order valence-corrected chi connectivity index (χ1v) is 4.74. The molecule has 14 heavy (non-hydrogen) atoms. The quantitative estimate of drug-likeness (QED) is 0.662. The van der Waals surface area contributed by atoms with E-state index in [9.17, 15) is 0 Å². The monoisotopic (exact) mass is 182 g/mol. The van der Waals surface area contributed by atoms with E-state index in [1.54, 1.807) is 0 Å². The van der Waals surface area contributed by atoms with Crippen molar-refractivity contribution in [2.24, 2.45) is 0 Å². The Morgan fingerprint density at radius 1 is 1.29 bits per heavy atom. The lowest BCUT2D eigenvalue weighted by molar-refractivity contribution is 1.19. The first-order valence-electron chi connectivity index (χ1n) is 4.74. The van der Waals surface area contributed by atoms with E-state index in [1.165, 1.54) is 5.57 Å². The topological polar surface area (TPSA) is 17.3 Å². The lowest BCUT2D eigenvalue weighted by atomic mass is 10.2. The van der Waals surface area contributed by atoms with Crippen LogP contribution in [-0.2, 0) is 0 Å². The van der Waals surface area contributed by atoms with E-state index in [2.05, 4.69) is 29.4 Å². The van der Waals surface area contributed by atoms with Crippen LogP contribution in [0, 0.1) is 0 Å². The van der Waals surface area contributed by atoms with Crippen LogP contribution in [0.3, 0.4) is 0 Å². The van der Waals surface area contributed by atoms with Gasteiger partial charge >= 0.3 is 0 Å². The zero-order valence-electron chi connectivity index (χ0n) is 7.72. The summed E-state index contributed by atoms with van der Waals surface area (Å²) in [6.07, 6.45) is 11.6. The summed E-state index contributed by atoms with van der Waals surface area (Å²) >= 11 is 0. The van der Waals surface area contributed by atoms with Crippen molar-refractivity contribution in [1.82, 2.24) is 9.38 Å². The molecule has 0 aliphatic heterocycles. The standard InChI is InChI=1S/C12H10N2/c1-2-6-10(5-1)11-9-14-8-4-3-7-12(14)13-11/h1,3-9H,2H2. The summed E-state index contributed by atoms with van der Waals surface area (Å²) in [6.45, 7) is 0. The fourth-order valence-corrected chi connectivity index (χ4v) is 1.72. The van der Waals surface area contributed by atoms with Crippen LogP contribution in [0.2, 0.25) is 0 Å². The van der Waals surface area contributed by atoms with Gasteiger partial charge < -0.3 is 4.40 Å². The summed E-state index contributed by atoms with van der Waals surface area (Å²) in [4.78, 5) is 4.54. The molecule has 2 heteroatoms. The number of nitrogens with zero attached hydrogens (tertiary/aromatic N) is 2. The molecule has 0 bridgehead atoms. The molecule has 68 valence electrons. The highest BCUT2D eigenvalue weighted by Crippen LogP contribution is 2.20. The number of imidazole rings is 1. The Kier molecular flexibility index (Phi) is 1.53. The van der Waals surface area contributed by atoms with Gasteiger partial charge in [-0.05, 0) is 24.1 Å². The lowest BCUT2D eigenvalue weighted by Crippen LogP contribution is -1.77. The summed E-state index contributed by atoms with van der Waals surface area (Å²) in [5, 5.41) is 0. The number of aromatic nitrogens is 2. The molecule has 0 N–H and O–H groups in total. The van der Waals surface area contributed by atoms with Crippen LogP contribution < -0.4 is 0 Å². The van der Waals surface area contributed by atoms with Crippen LogP contribution in [0.25, 0.3) is 11.2 Å². The van der Waals surface area contributed by atoms with Gasteiger partial charge in [0.25, 0.3) is 0 Å². The highest BCUT2D eigenvalue weighted by atomic mass is 15.0. The number of rotatable bonds is 1. The molecule has 1 aliphatic rings. The molecular formula is C12H10N2. The second kappa shape index (κ2) is 2.84. The molecule has 2 aromatic rings. The normalized spacial score (nSPS) is 15.0. The Hall–Kier alpha value is -1.83. The molecule has 0 spiro atoms. The smallest absolute Gasteiger partial charge is 0.137 e. The molecule has 0 amide bonds. The van der Waals surface area contributed by atoms with Crippen molar-refractivity contribution >= 4 is 11.2 Å². The van der Waals surface area contributed by atoms with Crippen LogP contribution in [-0.4, -0.2) is 9.38 Å². The average molecular weight is 182 g/mol. The van der Waals surface area contributed by atoms with Crippen molar-refractivity contribution in [2.45, 2.75) is 6.42 Å². The minimum Gasteiger partial charge on any atom is -0.306 e. The maximum Gasteiger partial charge on any atom is 0.137 e. The van der Waals surface area contributed by atoms with E-state index < -0.39 is 0 Å². The summed E-state index contributed by atoms with van der Waals surface area (Å²) < 4.78 is 2.04. The van der Waals surface area contributed by atoms with Crippen LogP contribution in [0.4, 0.5) is 0 Å². The molecule has 2 nitrogen and oxygen atoms in total. The van der Waals surface area contributed by atoms with Crippen molar-refractivity contribution < 1.29 is 0 Å². The van der Waals surface area contributed by atoms with Gasteiger partial charge in [0.05, 0.1) is 5.69 Å². The van der Waals surface area contributed by atoms with Gasteiger partial charge in [-0.25, -0.2) is 4.98 Å². The molecule has 0 unspecified atom stereocenters. The predicted molar refractivity (Wildman–Crippen MR) is 56.9 cm³/mol. The van der Waals surface area contributed by atoms with E-state index in [1.807, 2.05) is 28.8 Å². The third-order valence-corrected chi connectivity index (χ3v) is 2.43. The highest BCUT2D eigenvalue weighted by molar-refractivity contribution is 5.75.